The molecule has 3 nitrogen and oxygen atoms in total. The van der Waals surface area contributed by atoms with Crippen molar-refractivity contribution in [1.29, 1.82) is 0 Å². The molecule has 1 aromatic heterocycles. The summed E-state index contributed by atoms with van der Waals surface area (Å²) in [5, 5.41) is 0. The van der Waals surface area contributed by atoms with Crippen LogP contribution >= 0.6 is 11.6 Å². The minimum Gasteiger partial charge on any atom is -0.355 e. The highest BCUT2D eigenvalue weighted by atomic mass is 35.5. The molecule has 1 aromatic rings. The van der Waals surface area contributed by atoms with Gasteiger partial charge in [-0.3, -0.25) is 4.90 Å². The Balaban J connectivity index is 2.12. The summed E-state index contributed by atoms with van der Waals surface area (Å²) in [5.41, 5.74) is 0.780. The summed E-state index contributed by atoms with van der Waals surface area (Å²) < 4.78 is 13.2. The zero-order valence-electron chi connectivity index (χ0n) is 11.6. The number of pyridine rings is 1. The Hall–Kier alpha value is -0.870. The van der Waals surface area contributed by atoms with Crippen LogP contribution in [0.25, 0.3) is 0 Å². The number of alkyl halides is 1. The summed E-state index contributed by atoms with van der Waals surface area (Å²) in [7, 11) is 0. The van der Waals surface area contributed by atoms with Crippen molar-refractivity contribution in [2.24, 2.45) is 0 Å². The van der Waals surface area contributed by atoms with Gasteiger partial charge in [0.05, 0.1) is 12.1 Å². The molecule has 0 radical (unpaired) electrons. The van der Waals surface area contributed by atoms with E-state index in [1.54, 1.807) is 0 Å². The summed E-state index contributed by atoms with van der Waals surface area (Å²) in [6.07, 6.45) is 2.40. The number of rotatable bonds is 5. The van der Waals surface area contributed by atoms with Crippen LogP contribution in [-0.4, -0.2) is 42.1 Å². The van der Waals surface area contributed by atoms with Crippen molar-refractivity contribution in [2.45, 2.75) is 32.2 Å². The minimum atomic E-state index is -0.320. The van der Waals surface area contributed by atoms with Gasteiger partial charge in [-0.2, -0.15) is 0 Å². The van der Waals surface area contributed by atoms with E-state index in [1.165, 1.54) is 12.3 Å². The summed E-state index contributed by atoms with van der Waals surface area (Å²) >= 11 is 5.89. The molecule has 1 aliphatic heterocycles. The van der Waals surface area contributed by atoms with Crippen molar-refractivity contribution >= 4 is 17.4 Å². The molecule has 0 N–H and O–H groups in total. The van der Waals surface area contributed by atoms with Crippen LogP contribution in [0.4, 0.5) is 10.2 Å². The fourth-order valence-electron chi connectivity index (χ4n) is 2.83. The molecule has 1 saturated heterocycles. The van der Waals surface area contributed by atoms with Crippen LogP contribution in [0.15, 0.2) is 12.3 Å². The quantitative estimate of drug-likeness (QED) is 0.776. The molecule has 19 heavy (non-hydrogen) atoms. The Bertz CT molecular complexity index is 423. The van der Waals surface area contributed by atoms with E-state index >= 15 is 0 Å². The number of nitrogens with zero attached hydrogens (tertiary/aromatic N) is 3. The van der Waals surface area contributed by atoms with Crippen molar-refractivity contribution in [2.75, 3.05) is 31.1 Å². The van der Waals surface area contributed by atoms with Gasteiger partial charge >= 0.3 is 0 Å². The molecule has 106 valence electrons. The van der Waals surface area contributed by atoms with E-state index in [1.807, 2.05) is 0 Å². The number of likely N-dealkylation sites (N-methyl/N-ethyl adjacent to an activating group) is 1. The molecule has 2 heterocycles. The van der Waals surface area contributed by atoms with Gasteiger partial charge in [0.25, 0.3) is 0 Å². The Morgan fingerprint density at radius 3 is 2.84 bits per heavy atom. The molecular formula is C14H21ClFN3. The highest BCUT2D eigenvalue weighted by Crippen LogP contribution is 2.26. The maximum atomic E-state index is 13.2. The van der Waals surface area contributed by atoms with Crippen molar-refractivity contribution in [3.63, 3.8) is 0 Å². The van der Waals surface area contributed by atoms with Gasteiger partial charge in [-0.1, -0.05) is 13.8 Å². The van der Waals surface area contributed by atoms with Crippen LogP contribution in [0, 0.1) is 5.82 Å². The summed E-state index contributed by atoms with van der Waals surface area (Å²) in [6.45, 7) is 8.41. The molecule has 5 heteroatoms. The van der Waals surface area contributed by atoms with Crippen LogP contribution in [-0.2, 0) is 5.88 Å². The maximum absolute atomic E-state index is 13.2. The lowest BCUT2D eigenvalue weighted by Crippen LogP contribution is -2.37. The second-order valence-electron chi connectivity index (χ2n) is 4.88. The van der Waals surface area contributed by atoms with Crippen LogP contribution in [0.5, 0.6) is 0 Å². The van der Waals surface area contributed by atoms with Crippen LogP contribution in [0.1, 0.15) is 25.8 Å². The minimum absolute atomic E-state index is 0.298. The van der Waals surface area contributed by atoms with Gasteiger partial charge in [0.2, 0.25) is 0 Å². The Morgan fingerprint density at radius 1 is 1.47 bits per heavy atom. The third-order valence-electron chi connectivity index (χ3n) is 3.85. The van der Waals surface area contributed by atoms with E-state index in [2.05, 4.69) is 28.6 Å². The van der Waals surface area contributed by atoms with E-state index in [0.717, 1.165) is 44.0 Å². The van der Waals surface area contributed by atoms with Crippen LogP contribution in [0.2, 0.25) is 0 Å². The average Bonchev–Trinajstić information content (AvgIpc) is 2.89. The first-order valence-corrected chi connectivity index (χ1v) is 7.42. The number of aromatic nitrogens is 1. The van der Waals surface area contributed by atoms with Gasteiger partial charge in [-0.05, 0) is 25.6 Å². The Labute approximate surface area is 119 Å². The van der Waals surface area contributed by atoms with Gasteiger partial charge in [0, 0.05) is 24.7 Å². The largest absolute Gasteiger partial charge is 0.355 e. The lowest BCUT2D eigenvalue weighted by molar-refractivity contribution is 0.232. The molecule has 1 atom stereocenters. The predicted octanol–water partition coefficient (Wildman–Crippen LogP) is 2.88. The van der Waals surface area contributed by atoms with E-state index in [0.29, 0.717) is 11.9 Å². The Morgan fingerprint density at radius 2 is 2.21 bits per heavy atom. The fourth-order valence-corrected chi connectivity index (χ4v) is 3.03. The highest BCUT2D eigenvalue weighted by molar-refractivity contribution is 6.17. The van der Waals surface area contributed by atoms with Crippen molar-refractivity contribution in [3.8, 4) is 0 Å². The van der Waals surface area contributed by atoms with E-state index in [4.69, 9.17) is 11.6 Å². The first-order chi connectivity index (χ1) is 9.19. The normalized spacial score (nSPS) is 19.4. The van der Waals surface area contributed by atoms with Gasteiger partial charge in [0.15, 0.2) is 0 Å². The second kappa shape index (κ2) is 6.53. The second-order valence-corrected chi connectivity index (χ2v) is 5.15. The molecule has 1 unspecified atom stereocenters. The monoisotopic (exact) mass is 285 g/mol. The molecule has 2 rings (SSSR count). The van der Waals surface area contributed by atoms with Crippen LogP contribution < -0.4 is 4.90 Å². The fraction of sp³-hybridized carbons (Fsp3) is 0.643. The predicted molar refractivity (Wildman–Crippen MR) is 77.3 cm³/mol. The first-order valence-electron chi connectivity index (χ1n) is 6.89. The lowest BCUT2D eigenvalue weighted by Gasteiger charge is -2.26. The summed E-state index contributed by atoms with van der Waals surface area (Å²) in [6, 6.07) is 2.05. The summed E-state index contributed by atoms with van der Waals surface area (Å²) in [5.74, 6) is 0.817. The molecule has 0 bridgehead atoms. The number of hydrogen-bond acceptors (Lipinski definition) is 3. The molecular weight excluding hydrogens is 265 g/mol. The highest BCUT2D eigenvalue weighted by Gasteiger charge is 2.28. The number of anilines is 1. The van der Waals surface area contributed by atoms with E-state index in [9.17, 15) is 4.39 Å². The number of hydrogen-bond donors (Lipinski definition) is 0. The van der Waals surface area contributed by atoms with Crippen molar-refractivity contribution < 1.29 is 4.39 Å². The molecule has 0 spiro atoms. The smallest absolute Gasteiger partial charge is 0.141 e. The first kappa shape index (κ1) is 14.5. The summed E-state index contributed by atoms with van der Waals surface area (Å²) in [4.78, 5) is 8.91. The average molecular weight is 286 g/mol. The zero-order chi connectivity index (χ0) is 13.8. The standard InChI is InChI=1S/C14H21ClFN3/c1-3-18(4-2)13-5-6-19(10-13)14-11(8-15)7-12(16)9-17-14/h7,9,13H,3-6,8,10H2,1-2H3. The molecule has 0 amide bonds. The van der Waals surface area contributed by atoms with Gasteiger partial charge in [-0.15, -0.1) is 11.6 Å². The molecule has 0 aromatic carbocycles. The molecule has 1 aliphatic rings. The molecule has 0 saturated carbocycles. The van der Waals surface area contributed by atoms with Crippen molar-refractivity contribution in [1.82, 2.24) is 9.88 Å². The van der Waals surface area contributed by atoms with Crippen LogP contribution in [0.3, 0.4) is 0 Å². The van der Waals surface area contributed by atoms with Gasteiger partial charge < -0.3 is 4.90 Å². The Kier molecular flexibility index (Phi) is 4.99. The SMILES string of the molecule is CCN(CC)C1CCN(c2ncc(F)cc2CCl)C1. The lowest BCUT2D eigenvalue weighted by atomic mass is 10.2. The molecule has 1 fully saturated rings. The van der Waals surface area contributed by atoms with E-state index in [-0.39, 0.29) is 5.82 Å². The van der Waals surface area contributed by atoms with Crippen molar-refractivity contribution in [3.05, 3.63) is 23.6 Å². The third-order valence-corrected chi connectivity index (χ3v) is 4.13. The van der Waals surface area contributed by atoms with Gasteiger partial charge in [0.1, 0.15) is 11.6 Å². The maximum Gasteiger partial charge on any atom is 0.141 e. The number of halogens is 2. The third kappa shape index (κ3) is 3.18. The topological polar surface area (TPSA) is 19.4 Å². The van der Waals surface area contributed by atoms with Gasteiger partial charge in [-0.25, -0.2) is 9.37 Å². The van der Waals surface area contributed by atoms with E-state index < -0.39 is 0 Å². The molecule has 0 aliphatic carbocycles. The zero-order valence-corrected chi connectivity index (χ0v) is 12.3.